The van der Waals surface area contributed by atoms with Crippen LogP contribution in [0.5, 0.6) is 0 Å². The van der Waals surface area contributed by atoms with Gasteiger partial charge in [-0.15, -0.1) is 0 Å². The molecule has 4 aromatic rings. The first kappa shape index (κ1) is 22.9. The highest BCUT2D eigenvalue weighted by molar-refractivity contribution is 6.13. The van der Waals surface area contributed by atoms with Crippen LogP contribution < -0.4 is 0 Å². The highest BCUT2D eigenvalue weighted by atomic mass is 14.6. The van der Waals surface area contributed by atoms with E-state index >= 15 is 0 Å². The molecular formula is C40H34. The van der Waals surface area contributed by atoms with Crippen molar-refractivity contribution in [2.75, 3.05) is 0 Å². The fourth-order valence-electron chi connectivity index (χ4n) is 8.93. The minimum Gasteiger partial charge on any atom is -0.0836 e. The molecule has 40 heavy (non-hydrogen) atoms. The molecule has 0 radical (unpaired) electrons. The predicted molar refractivity (Wildman–Crippen MR) is 169 cm³/mol. The quantitative estimate of drug-likeness (QED) is 0.222. The summed E-state index contributed by atoms with van der Waals surface area (Å²) in [5.74, 6) is 1.05. The van der Waals surface area contributed by atoms with E-state index in [1.165, 1.54) is 49.4 Å². The molecule has 0 amide bonds. The second-order valence-electron chi connectivity index (χ2n) is 13.7. The van der Waals surface area contributed by atoms with Crippen LogP contribution in [0, 0.1) is 11.8 Å². The first-order valence-electron chi connectivity index (χ1n) is 15.0. The number of rotatable bonds is 1. The van der Waals surface area contributed by atoms with Gasteiger partial charge in [0.25, 0.3) is 0 Å². The van der Waals surface area contributed by atoms with Gasteiger partial charge in [0.2, 0.25) is 0 Å². The molecule has 0 bridgehead atoms. The van der Waals surface area contributed by atoms with Crippen molar-refractivity contribution in [1.29, 1.82) is 0 Å². The van der Waals surface area contributed by atoms with Crippen LogP contribution in [0.25, 0.3) is 38.2 Å². The summed E-state index contributed by atoms with van der Waals surface area (Å²) in [4.78, 5) is 0. The number of hydrogen-bond donors (Lipinski definition) is 0. The lowest BCUT2D eigenvalue weighted by Gasteiger charge is -2.46. The van der Waals surface area contributed by atoms with E-state index in [-0.39, 0.29) is 10.8 Å². The Kier molecular flexibility index (Phi) is 4.25. The zero-order valence-electron chi connectivity index (χ0n) is 23.8. The molecule has 0 spiro atoms. The van der Waals surface area contributed by atoms with Gasteiger partial charge in [-0.1, -0.05) is 107 Å². The Hall–Kier alpha value is -3.90. The summed E-state index contributed by atoms with van der Waals surface area (Å²) < 4.78 is 0. The van der Waals surface area contributed by atoms with E-state index in [0.29, 0.717) is 11.8 Å². The van der Waals surface area contributed by atoms with Gasteiger partial charge in [-0.25, -0.2) is 0 Å². The SMILES string of the molecule is CC1(C)C2=CC3=CC=CCC3C3=CCC4C(=C32)c2c1cc(-c1c3ccccc3cc3ccccc13)cc2C4(C)C. The Morgan fingerprint density at radius 2 is 1.45 bits per heavy atom. The average molecular weight is 515 g/mol. The Morgan fingerprint density at radius 1 is 0.750 bits per heavy atom. The lowest BCUT2D eigenvalue weighted by molar-refractivity contribution is 0.410. The van der Waals surface area contributed by atoms with Crippen molar-refractivity contribution in [2.45, 2.75) is 51.4 Å². The molecule has 5 aliphatic rings. The van der Waals surface area contributed by atoms with E-state index < -0.39 is 0 Å². The molecule has 0 heteroatoms. The van der Waals surface area contributed by atoms with Crippen LogP contribution in [0.2, 0.25) is 0 Å². The zero-order valence-corrected chi connectivity index (χ0v) is 23.8. The summed E-state index contributed by atoms with van der Waals surface area (Å²) in [5, 5.41) is 5.32. The first-order chi connectivity index (χ1) is 19.4. The molecule has 0 heterocycles. The van der Waals surface area contributed by atoms with Crippen molar-refractivity contribution in [3.8, 4) is 11.1 Å². The van der Waals surface area contributed by atoms with Crippen LogP contribution in [-0.2, 0) is 10.8 Å². The second-order valence-corrected chi connectivity index (χ2v) is 13.7. The maximum absolute atomic E-state index is 2.63. The first-order valence-corrected chi connectivity index (χ1v) is 15.0. The van der Waals surface area contributed by atoms with Crippen molar-refractivity contribution in [3.05, 3.63) is 136 Å². The zero-order chi connectivity index (χ0) is 27.0. The number of fused-ring (bicyclic) bond motifs is 4. The molecule has 0 aliphatic heterocycles. The van der Waals surface area contributed by atoms with Crippen LogP contribution in [0.15, 0.2) is 119 Å². The van der Waals surface area contributed by atoms with Crippen LogP contribution in [0.4, 0.5) is 0 Å². The van der Waals surface area contributed by atoms with E-state index in [1.807, 2.05) is 0 Å². The van der Waals surface area contributed by atoms with Gasteiger partial charge in [-0.2, -0.15) is 0 Å². The van der Waals surface area contributed by atoms with Crippen molar-refractivity contribution in [2.24, 2.45) is 11.8 Å². The maximum Gasteiger partial charge on any atom is 0.0159 e. The molecule has 0 fully saturated rings. The van der Waals surface area contributed by atoms with Crippen molar-refractivity contribution in [1.82, 2.24) is 0 Å². The molecule has 2 atom stereocenters. The third-order valence-corrected chi connectivity index (χ3v) is 11.0. The third kappa shape index (κ3) is 2.68. The Bertz CT molecular complexity index is 1940. The van der Waals surface area contributed by atoms with Crippen LogP contribution in [0.1, 0.15) is 57.2 Å². The largest absolute Gasteiger partial charge is 0.0836 e. The van der Waals surface area contributed by atoms with E-state index in [0.717, 1.165) is 12.8 Å². The van der Waals surface area contributed by atoms with E-state index in [4.69, 9.17) is 0 Å². The third-order valence-electron chi connectivity index (χ3n) is 11.0. The molecular weight excluding hydrogens is 480 g/mol. The minimum atomic E-state index is -0.0757. The summed E-state index contributed by atoms with van der Waals surface area (Å²) in [6.45, 7) is 9.98. The van der Waals surface area contributed by atoms with Gasteiger partial charge in [-0.3, -0.25) is 0 Å². The number of hydrogen-bond acceptors (Lipinski definition) is 0. The molecule has 0 aromatic heterocycles. The minimum absolute atomic E-state index is 0.0757. The topological polar surface area (TPSA) is 0 Å². The summed E-state index contributed by atoms with van der Waals surface area (Å²) in [6.07, 6.45) is 14.5. The smallest absolute Gasteiger partial charge is 0.0159 e. The highest BCUT2D eigenvalue weighted by Gasteiger charge is 2.53. The lowest BCUT2D eigenvalue weighted by atomic mass is 9.57. The second kappa shape index (κ2) is 7.43. The Labute approximate surface area is 237 Å². The van der Waals surface area contributed by atoms with Gasteiger partial charge < -0.3 is 0 Å². The van der Waals surface area contributed by atoms with Crippen molar-refractivity contribution in [3.63, 3.8) is 0 Å². The number of allylic oxidation sites excluding steroid dienone is 10. The fourth-order valence-corrected chi connectivity index (χ4v) is 8.93. The standard InChI is InChI=1S/C40H34/c1-39(2)31-18-17-30-27-14-8-5-13-25(27)20-32-36(30)38(31)37-33(39)21-26(22-34(37)40(32,3)4)35-28-15-9-6-11-23(28)19-24-12-7-10-16-29(24)35/h5-13,15-17,19-22,27,31H,14,18H2,1-4H3. The summed E-state index contributed by atoms with van der Waals surface area (Å²) >= 11 is 0. The molecule has 0 saturated heterocycles. The Morgan fingerprint density at radius 3 is 2.20 bits per heavy atom. The monoisotopic (exact) mass is 514 g/mol. The van der Waals surface area contributed by atoms with E-state index in [9.17, 15) is 0 Å². The fraction of sp³-hybridized carbons (Fsp3) is 0.250. The maximum atomic E-state index is 2.63. The van der Waals surface area contributed by atoms with Gasteiger partial charge in [0.1, 0.15) is 0 Å². The molecule has 5 aliphatic carbocycles. The van der Waals surface area contributed by atoms with Crippen LogP contribution in [-0.4, -0.2) is 0 Å². The highest BCUT2D eigenvalue weighted by Crippen LogP contribution is 2.66. The molecule has 9 rings (SSSR count). The molecule has 0 saturated carbocycles. The summed E-state index contributed by atoms with van der Waals surface area (Å²) in [5.41, 5.74) is 15.3. The molecule has 0 nitrogen and oxygen atoms in total. The van der Waals surface area contributed by atoms with Crippen LogP contribution >= 0.6 is 0 Å². The van der Waals surface area contributed by atoms with E-state index in [2.05, 4.69) is 125 Å². The normalized spacial score (nSPS) is 24.4. The summed E-state index contributed by atoms with van der Waals surface area (Å²) in [6, 6.07) is 25.4. The average Bonchev–Trinajstić information content (AvgIpc) is 3.20. The molecule has 4 aromatic carbocycles. The van der Waals surface area contributed by atoms with Gasteiger partial charge in [0.15, 0.2) is 0 Å². The van der Waals surface area contributed by atoms with Gasteiger partial charge in [0.05, 0.1) is 0 Å². The van der Waals surface area contributed by atoms with Gasteiger partial charge >= 0.3 is 0 Å². The lowest BCUT2D eigenvalue weighted by Crippen LogP contribution is -2.34. The Balaban J connectivity index is 1.42. The molecule has 2 unspecified atom stereocenters. The predicted octanol–water partition coefficient (Wildman–Crippen LogP) is 10.4. The molecule has 0 N–H and O–H groups in total. The van der Waals surface area contributed by atoms with Gasteiger partial charge in [0, 0.05) is 11.3 Å². The van der Waals surface area contributed by atoms with E-state index in [1.54, 1.807) is 27.8 Å². The number of benzene rings is 4. The summed E-state index contributed by atoms with van der Waals surface area (Å²) in [7, 11) is 0. The van der Waals surface area contributed by atoms with Crippen molar-refractivity contribution >= 4 is 27.1 Å². The van der Waals surface area contributed by atoms with Crippen LogP contribution in [0.3, 0.4) is 0 Å². The van der Waals surface area contributed by atoms with Crippen molar-refractivity contribution < 1.29 is 0 Å². The van der Waals surface area contributed by atoms with Gasteiger partial charge in [-0.05, 0) is 120 Å². The molecule has 194 valence electrons.